The molecule has 0 radical (unpaired) electrons. The van der Waals surface area contributed by atoms with Gasteiger partial charge in [-0.1, -0.05) is 32.8 Å². The Kier molecular flexibility index (Phi) is 6.92. The summed E-state index contributed by atoms with van der Waals surface area (Å²) in [4.78, 5) is 45.7. The molecule has 146 valence electrons. The number of nitrogens with two attached hydrogens (primary N) is 1. The molecule has 2 aromatic heterocycles. The molecule has 1 amide bonds. The maximum atomic E-state index is 13.1. The number of aromatic nitrogens is 3. The molecule has 8 nitrogen and oxygen atoms in total. The van der Waals surface area contributed by atoms with E-state index in [0.29, 0.717) is 25.2 Å². The lowest BCUT2D eigenvalue weighted by Gasteiger charge is -2.24. The maximum Gasteiger partial charge on any atom is 0.330 e. The number of nitrogens with zero attached hydrogens (tertiary/aromatic N) is 3. The van der Waals surface area contributed by atoms with E-state index in [0.717, 1.165) is 19.3 Å². The Morgan fingerprint density at radius 3 is 2.56 bits per heavy atom. The zero-order valence-electron chi connectivity index (χ0n) is 16.1. The van der Waals surface area contributed by atoms with Gasteiger partial charge in [-0.3, -0.25) is 24.0 Å². The van der Waals surface area contributed by atoms with E-state index in [1.807, 2.05) is 13.8 Å². The Hall–Kier alpha value is -2.90. The highest BCUT2D eigenvalue weighted by molar-refractivity contribution is 6.06. The van der Waals surface area contributed by atoms with Crippen LogP contribution in [0.2, 0.25) is 0 Å². The molecule has 2 heterocycles. The zero-order chi connectivity index (χ0) is 20.0. The maximum absolute atomic E-state index is 13.1. The molecule has 3 N–H and O–H groups in total. The second-order valence-electron chi connectivity index (χ2n) is 6.47. The topological polar surface area (TPSA) is 114 Å². The van der Waals surface area contributed by atoms with Gasteiger partial charge in [-0.2, -0.15) is 0 Å². The molecular formula is C19H27N5O3. The third-order valence-electron chi connectivity index (χ3n) is 4.31. The summed E-state index contributed by atoms with van der Waals surface area (Å²) in [5, 5.41) is 0. The number of nitrogen functional groups attached to an aromatic ring is 1. The number of aromatic amines is 1. The van der Waals surface area contributed by atoms with Gasteiger partial charge in [-0.15, -0.1) is 0 Å². The number of anilines is 2. The van der Waals surface area contributed by atoms with Crippen molar-refractivity contribution in [1.82, 2.24) is 14.5 Å². The Morgan fingerprint density at radius 1 is 1.22 bits per heavy atom. The molecule has 27 heavy (non-hydrogen) atoms. The number of hydrogen-bond acceptors (Lipinski definition) is 5. The van der Waals surface area contributed by atoms with Crippen LogP contribution in [0.25, 0.3) is 0 Å². The van der Waals surface area contributed by atoms with Crippen LogP contribution in [0, 0.1) is 6.92 Å². The fourth-order valence-corrected chi connectivity index (χ4v) is 2.81. The Labute approximate surface area is 158 Å². The van der Waals surface area contributed by atoms with Crippen molar-refractivity contribution in [3.05, 3.63) is 50.4 Å². The summed E-state index contributed by atoms with van der Waals surface area (Å²) in [6.45, 7) is 6.46. The predicted octanol–water partition coefficient (Wildman–Crippen LogP) is 2.07. The summed E-state index contributed by atoms with van der Waals surface area (Å²) in [5.74, 6) is -0.403. The van der Waals surface area contributed by atoms with Crippen molar-refractivity contribution in [2.24, 2.45) is 0 Å². The minimum absolute atomic E-state index is 0.00691. The molecule has 2 rings (SSSR count). The van der Waals surface area contributed by atoms with Crippen LogP contribution in [0.5, 0.6) is 0 Å². The lowest BCUT2D eigenvalue weighted by Crippen LogP contribution is -2.42. The molecule has 0 spiro atoms. The fraction of sp³-hybridized carbons (Fsp3) is 0.474. The summed E-state index contributed by atoms with van der Waals surface area (Å²) in [6.07, 6.45) is 3.12. The standard InChI is InChI=1S/C19H27N5O3/c1-4-6-11-23(18(26)14-10-8-9-13(3)21-14)15-16(20)24(12-7-5-2)19(27)22-17(15)25/h8-10H,4-7,11-12,20H2,1-3H3,(H,22,25,27). The first-order valence-corrected chi connectivity index (χ1v) is 9.28. The van der Waals surface area contributed by atoms with Crippen molar-refractivity contribution in [3.63, 3.8) is 0 Å². The molecule has 0 aliphatic heterocycles. The molecule has 8 heteroatoms. The van der Waals surface area contributed by atoms with Crippen LogP contribution in [-0.2, 0) is 6.54 Å². The van der Waals surface area contributed by atoms with Gasteiger partial charge in [0.15, 0.2) is 5.69 Å². The lowest BCUT2D eigenvalue weighted by atomic mass is 10.2. The summed E-state index contributed by atoms with van der Waals surface area (Å²) >= 11 is 0. The second-order valence-corrected chi connectivity index (χ2v) is 6.47. The fourth-order valence-electron chi connectivity index (χ4n) is 2.81. The predicted molar refractivity (Wildman–Crippen MR) is 106 cm³/mol. The first kappa shape index (κ1) is 20.4. The Bertz CT molecular complexity index is 916. The summed E-state index contributed by atoms with van der Waals surface area (Å²) in [5.41, 5.74) is 5.88. The van der Waals surface area contributed by atoms with Crippen LogP contribution in [0.15, 0.2) is 27.8 Å². The Morgan fingerprint density at radius 2 is 1.93 bits per heavy atom. The van der Waals surface area contributed by atoms with Crippen molar-refractivity contribution in [3.8, 4) is 0 Å². The second kappa shape index (κ2) is 9.16. The normalized spacial score (nSPS) is 10.8. The van der Waals surface area contributed by atoms with Crippen molar-refractivity contribution in [2.45, 2.75) is 53.0 Å². The van der Waals surface area contributed by atoms with Gasteiger partial charge in [-0.05, 0) is 31.9 Å². The van der Waals surface area contributed by atoms with Crippen molar-refractivity contribution in [2.75, 3.05) is 17.2 Å². The van der Waals surface area contributed by atoms with Crippen LogP contribution in [0.1, 0.15) is 55.7 Å². The summed E-state index contributed by atoms with van der Waals surface area (Å²) in [7, 11) is 0. The number of nitrogens with one attached hydrogen (secondary N) is 1. The van der Waals surface area contributed by atoms with E-state index in [4.69, 9.17) is 5.73 Å². The highest BCUT2D eigenvalue weighted by Crippen LogP contribution is 2.20. The first-order valence-electron chi connectivity index (χ1n) is 9.28. The van der Waals surface area contributed by atoms with E-state index in [-0.39, 0.29) is 17.2 Å². The van der Waals surface area contributed by atoms with Crippen molar-refractivity contribution < 1.29 is 4.79 Å². The number of hydrogen-bond donors (Lipinski definition) is 2. The minimum atomic E-state index is -0.664. The number of H-pyrrole nitrogens is 1. The number of aryl methyl sites for hydroxylation is 1. The number of unbranched alkanes of at least 4 members (excludes halogenated alkanes) is 2. The third-order valence-corrected chi connectivity index (χ3v) is 4.31. The van der Waals surface area contributed by atoms with E-state index in [2.05, 4.69) is 9.97 Å². The smallest absolute Gasteiger partial charge is 0.330 e. The molecule has 0 aliphatic rings. The quantitative estimate of drug-likeness (QED) is 0.735. The number of rotatable bonds is 8. The number of carbonyl (C=O) groups excluding carboxylic acids is 1. The molecule has 0 aromatic carbocycles. The van der Waals surface area contributed by atoms with Crippen LogP contribution in [0.3, 0.4) is 0 Å². The molecule has 0 fully saturated rings. The van der Waals surface area contributed by atoms with E-state index >= 15 is 0 Å². The minimum Gasteiger partial charge on any atom is -0.383 e. The van der Waals surface area contributed by atoms with E-state index in [9.17, 15) is 14.4 Å². The number of pyridine rings is 1. The van der Waals surface area contributed by atoms with Gasteiger partial charge in [-0.25, -0.2) is 9.78 Å². The molecule has 2 aromatic rings. The van der Waals surface area contributed by atoms with Gasteiger partial charge in [0.05, 0.1) is 0 Å². The average Bonchev–Trinajstić information content (AvgIpc) is 2.63. The molecule has 0 bridgehead atoms. The first-order chi connectivity index (χ1) is 12.9. The van der Waals surface area contributed by atoms with Crippen LogP contribution in [-0.4, -0.2) is 27.0 Å². The van der Waals surface area contributed by atoms with E-state index in [1.54, 1.807) is 25.1 Å². The molecular weight excluding hydrogens is 346 g/mol. The van der Waals surface area contributed by atoms with Crippen molar-refractivity contribution >= 4 is 17.4 Å². The van der Waals surface area contributed by atoms with Gasteiger partial charge in [0.2, 0.25) is 0 Å². The number of carbonyl (C=O) groups is 1. The highest BCUT2D eigenvalue weighted by atomic mass is 16.2. The molecule has 0 saturated carbocycles. The monoisotopic (exact) mass is 373 g/mol. The molecule has 0 unspecified atom stereocenters. The summed E-state index contributed by atoms with van der Waals surface area (Å²) in [6, 6.07) is 5.13. The zero-order valence-corrected chi connectivity index (χ0v) is 16.1. The van der Waals surface area contributed by atoms with E-state index < -0.39 is 17.2 Å². The van der Waals surface area contributed by atoms with Gasteiger partial charge < -0.3 is 5.73 Å². The largest absolute Gasteiger partial charge is 0.383 e. The van der Waals surface area contributed by atoms with Crippen LogP contribution in [0.4, 0.5) is 11.5 Å². The molecule has 0 aliphatic carbocycles. The van der Waals surface area contributed by atoms with Gasteiger partial charge in [0.25, 0.3) is 11.5 Å². The third kappa shape index (κ3) is 4.64. The van der Waals surface area contributed by atoms with Gasteiger partial charge in [0, 0.05) is 18.8 Å². The summed E-state index contributed by atoms with van der Waals surface area (Å²) < 4.78 is 1.32. The van der Waals surface area contributed by atoms with Crippen molar-refractivity contribution in [1.29, 1.82) is 0 Å². The van der Waals surface area contributed by atoms with Crippen LogP contribution >= 0.6 is 0 Å². The van der Waals surface area contributed by atoms with Gasteiger partial charge in [0.1, 0.15) is 11.5 Å². The van der Waals surface area contributed by atoms with Gasteiger partial charge >= 0.3 is 5.69 Å². The van der Waals surface area contributed by atoms with E-state index in [1.165, 1.54) is 9.47 Å². The number of amides is 1. The molecule has 0 atom stereocenters. The Balaban J connectivity index is 2.58. The SMILES string of the molecule is CCCCN(C(=O)c1cccc(C)n1)c1c(N)n(CCCC)c(=O)[nH]c1=O. The molecule has 0 saturated heterocycles. The van der Waals surface area contributed by atoms with Crippen LogP contribution < -0.4 is 21.9 Å². The lowest BCUT2D eigenvalue weighted by molar-refractivity contribution is 0.0981. The highest BCUT2D eigenvalue weighted by Gasteiger charge is 2.25. The average molecular weight is 373 g/mol.